The fourth-order valence-corrected chi connectivity index (χ4v) is 1.69. The molecule has 0 unspecified atom stereocenters. The molecule has 0 aliphatic carbocycles. The summed E-state index contributed by atoms with van der Waals surface area (Å²) in [5, 5.41) is 14.0. The Morgan fingerprint density at radius 3 is 2.35 bits per heavy atom. The van der Waals surface area contributed by atoms with Gasteiger partial charge in [0.25, 0.3) is 0 Å². The molecule has 0 aliphatic rings. The van der Waals surface area contributed by atoms with Gasteiger partial charge in [0.05, 0.1) is 11.4 Å². The number of aliphatic hydroxyl groups excluding tert-OH is 1. The summed E-state index contributed by atoms with van der Waals surface area (Å²) in [6.45, 7) is 5.42. The normalized spacial score (nSPS) is 11.3. The van der Waals surface area contributed by atoms with E-state index >= 15 is 0 Å². The molecule has 0 fully saturated rings. The van der Waals surface area contributed by atoms with Gasteiger partial charge < -0.3 is 15.2 Å². The number of carbonyl (C=O) groups is 2. The number of hydrogen-bond donors (Lipinski definition) is 3. The SMILES string of the molecule is CC(C)(C)OC(=O)Nc1ccccc1NC(=O)/C=C/CCCO. The zero-order valence-corrected chi connectivity index (χ0v) is 13.8. The van der Waals surface area contributed by atoms with Gasteiger partial charge in [-0.25, -0.2) is 4.79 Å². The van der Waals surface area contributed by atoms with Crippen molar-refractivity contribution in [3.8, 4) is 0 Å². The van der Waals surface area contributed by atoms with Crippen LogP contribution in [0.3, 0.4) is 0 Å². The monoisotopic (exact) mass is 320 g/mol. The Labute approximate surface area is 136 Å². The van der Waals surface area contributed by atoms with Crippen LogP contribution in [0.1, 0.15) is 33.6 Å². The van der Waals surface area contributed by atoms with Crippen molar-refractivity contribution >= 4 is 23.4 Å². The van der Waals surface area contributed by atoms with E-state index in [1.807, 2.05) is 0 Å². The third-order valence-corrected chi connectivity index (χ3v) is 2.62. The Morgan fingerprint density at radius 2 is 1.78 bits per heavy atom. The van der Waals surface area contributed by atoms with Crippen LogP contribution in [-0.2, 0) is 9.53 Å². The number of carbonyl (C=O) groups excluding carboxylic acids is 2. The molecule has 23 heavy (non-hydrogen) atoms. The molecule has 0 saturated heterocycles. The fourth-order valence-electron chi connectivity index (χ4n) is 1.69. The summed E-state index contributed by atoms with van der Waals surface area (Å²) < 4.78 is 5.19. The molecular weight excluding hydrogens is 296 g/mol. The largest absolute Gasteiger partial charge is 0.444 e. The van der Waals surface area contributed by atoms with E-state index in [2.05, 4.69) is 10.6 Å². The number of amides is 2. The Bertz CT molecular complexity index is 562. The lowest BCUT2D eigenvalue weighted by Crippen LogP contribution is -2.27. The molecule has 0 aromatic heterocycles. The standard InChI is InChI=1S/C17H24N2O4/c1-17(2,3)23-16(22)19-14-10-7-6-9-13(14)18-15(21)11-5-4-8-12-20/h5-7,9-11,20H,4,8,12H2,1-3H3,(H,18,21)(H,19,22)/b11-5+. The highest BCUT2D eigenvalue weighted by molar-refractivity contribution is 6.03. The fraction of sp³-hybridized carbons (Fsp3) is 0.412. The molecule has 0 bridgehead atoms. The lowest BCUT2D eigenvalue weighted by molar-refractivity contribution is -0.111. The number of para-hydroxylation sites is 2. The average Bonchev–Trinajstić information content (AvgIpc) is 2.44. The van der Waals surface area contributed by atoms with Crippen LogP contribution in [0.5, 0.6) is 0 Å². The van der Waals surface area contributed by atoms with Crippen molar-refractivity contribution in [1.82, 2.24) is 0 Å². The number of nitrogens with one attached hydrogen (secondary N) is 2. The highest BCUT2D eigenvalue weighted by atomic mass is 16.6. The average molecular weight is 320 g/mol. The first-order valence-electron chi connectivity index (χ1n) is 7.49. The second-order valence-corrected chi connectivity index (χ2v) is 5.93. The number of allylic oxidation sites excluding steroid dienone is 1. The van der Waals surface area contributed by atoms with Gasteiger partial charge in [-0.05, 0) is 51.8 Å². The van der Waals surface area contributed by atoms with E-state index in [1.54, 1.807) is 51.1 Å². The molecule has 1 aromatic rings. The number of benzene rings is 1. The van der Waals surface area contributed by atoms with Crippen LogP contribution < -0.4 is 10.6 Å². The maximum Gasteiger partial charge on any atom is 0.412 e. The molecule has 0 heterocycles. The van der Waals surface area contributed by atoms with Crippen molar-refractivity contribution in [1.29, 1.82) is 0 Å². The van der Waals surface area contributed by atoms with E-state index in [1.165, 1.54) is 6.08 Å². The van der Waals surface area contributed by atoms with Gasteiger partial charge in [0.2, 0.25) is 5.91 Å². The minimum atomic E-state index is -0.599. The summed E-state index contributed by atoms with van der Waals surface area (Å²) in [6, 6.07) is 6.87. The minimum absolute atomic E-state index is 0.0919. The first-order valence-corrected chi connectivity index (χ1v) is 7.49. The first-order chi connectivity index (χ1) is 10.8. The third kappa shape index (κ3) is 8.01. The van der Waals surface area contributed by atoms with E-state index in [-0.39, 0.29) is 12.5 Å². The predicted molar refractivity (Wildman–Crippen MR) is 90.4 cm³/mol. The van der Waals surface area contributed by atoms with Crippen molar-refractivity contribution < 1.29 is 19.4 Å². The third-order valence-electron chi connectivity index (χ3n) is 2.62. The molecular formula is C17H24N2O4. The number of unbranched alkanes of at least 4 members (excludes halogenated alkanes) is 1. The van der Waals surface area contributed by atoms with Gasteiger partial charge in [-0.1, -0.05) is 18.2 Å². The number of anilines is 2. The van der Waals surface area contributed by atoms with Crippen LogP contribution in [0.15, 0.2) is 36.4 Å². The summed E-state index contributed by atoms with van der Waals surface area (Å²) in [7, 11) is 0. The molecule has 1 rings (SSSR count). The molecule has 0 radical (unpaired) electrons. The van der Waals surface area contributed by atoms with Crippen molar-refractivity contribution in [3.63, 3.8) is 0 Å². The molecule has 6 nitrogen and oxygen atoms in total. The van der Waals surface area contributed by atoms with Gasteiger partial charge in [0.1, 0.15) is 5.60 Å². The second-order valence-electron chi connectivity index (χ2n) is 5.93. The number of ether oxygens (including phenoxy) is 1. The molecule has 3 N–H and O–H groups in total. The van der Waals surface area contributed by atoms with Crippen LogP contribution in [0.25, 0.3) is 0 Å². The zero-order chi connectivity index (χ0) is 17.3. The van der Waals surface area contributed by atoms with Gasteiger partial charge in [-0.2, -0.15) is 0 Å². The maximum absolute atomic E-state index is 11.8. The quantitative estimate of drug-likeness (QED) is 0.554. The van der Waals surface area contributed by atoms with Crippen molar-refractivity contribution in [2.24, 2.45) is 0 Å². The first kappa shape index (κ1) is 18.7. The minimum Gasteiger partial charge on any atom is -0.444 e. The van der Waals surface area contributed by atoms with Crippen molar-refractivity contribution in [2.45, 2.75) is 39.2 Å². The Morgan fingerprint density at radius 1 is 1.17 bits per heavy atom. The van der Waals surface area contributed by atoms with Gasteiger partial charge in [0, 0.05) is 6.61 Å². The highest BCUT2D eigenvalue weighted by Crippen LogP contribution is 2.22. The zero-order valence-electron chi connectivity index (χ0n) is 13.8. The maximum atomic E-state index is 11.8. The van der Waals surface area contributed by atoms with Gasteiger partial charge in [-0.15, -0.1) is 0 Å². The van der Waals surface area contributed by atoms with Crippen molar-refractivity contribution in [2.75, 3.05) is 17.2 Å². The molecule has 0 spiro atoms. The molecule has 0 atom stereocenters. The second kappa shape index (κ2) is 8.95. The Hall–Kier alpha value is -2.34. The Balaban J connectivity index is 2.68. The molecule has 6 heteroatoms. The molecule has 126 valence electrons. The summed E-state index contributed by atoms with van der Waals surface area (Å²) in [4.78, 5) is 23.7. The van der Waals surface area contributed by atoms with Crippen LogP contribution in [0, 0.1) is 0 Å². The molecule has 1 aromatic carbocycles. The molecule has 0 saturated carbocycles. The van der Waals surface area contributed by atoms with Crippen LogP contribution >= 0.6 is 0 Å². The lowest BCUT2D eigenvalue weighted by atomic mass is 10.2. The highest BCUT2D eigenvalue weighted by Gasteiger charge is 2.17. The summed E-state index contributed by atoms with van der Waals surface area (Å²) in [5.41, 5.74) is 0.339. The van der Waals surface area contributed by atoms with Gasteiger partial charge in [-0.3, -0.25) is 10.1 Å². The Kier molecular flexibility index (Phi) is 7.28. The van der Waals surface area contributed by atoms with Gasteiger partial charge in [0.15, 0.2) is 0 Å². The van der Waals surface area contributed by atoms with Crippen LogP contribution in [0.4, 0.5) is 16.2 Å². The number of aliphatic hydroxyl groups is 1. The van der Waals surface area contributed by atoms with Crippen LogP contribution in [-0.4, -0.2) is 29.3 Å². The van der Waals surface area contributed by atoms with E-state index in [0.717, 1.165) is 0 Å². The number of rotatable bonds is 6. The smallest absolute Gasteiger partial charge is 0.412 e. The lowest BCUT2D eigenvalue weighted by Gasteiger charge is -2.20. The van der Waals surface area contributed by atoms with Crippen LogP contribution in [0.2, 0.25) is 0 Å². The molecule has 2 amide bonds. The summed E-state index contributed by atoms with van der Waals surface area (Å²) in [5.74, 6) is -0.304. The van der Waals surface area contributed by atoms with Crippen molar-refractivity contribution in [3.05, 3.63) is 36.4 Å². The predicted octanol–water partition coefficient (Wildman–Crippen LogP) is 3.30. The summed E-state index contributed by atoms with van der Waals surface area (Å²) in [6.07, 6.45) is 3.75. The van der Waals surface area contributed by atoms with E-state index in [4.69, 9.17) is 9.84 Å². The van der Waals surface area contributed by atoms with Gasteiger partial charge >= 0.3 is 6.09 Å². The van der Waals surface area contributed by atoms with E-state index < -0.39 is 11.7 Å². The number of hydrogen-bond acceptors (Lipinski definition) is 4. The van der Waals surface area contributed by atoms with E-state index in [9.17, 15) is 9.59 Å². The topological polar surface area (TPSA) is 87.7 Å². The summed E-state index contributed by atoms with van der Waals surface area (Å²) >= 11 is 0. The molecule has 0 aliphatic heterocycles. The van der Waals surface area contributed by atoms with E-state index in [0.29, 0.717) is 24.2 Å².